The summed E-state index contributed by atoms with van der Waals surface area (Å²) in [6, 6.07) is 18.3. The van der Waals surface area contributed by atoms with Gasteiger partial charge in [-0.3, -0.25) is 0 Å². The zero-order valence-corrected chi connectivity index (χ0v) is 13.9. The van der Waals surface area contributed by atoms with Crippen molar-refractivity contribution in [3.63, 3.8) is 0 Å². The van der Waals surface area contributed by atoms with Crippen LogP contribution in [-0.2, 0) is 0 Å². The summed E-state index contributed by atoms with van der Waals surface area (Å²) in [5, 5.41) is 3.12. The zero-order chi connectivity index (χ0) is 15.0. The van der Waals surface area contributed by atoms with Gasteiger partial charge in [-0.05, 0) is 62.4 Å². The normalized spacial score (nSPS) is 12.6. The first kappa shape index (κ1) is 14.6. The molecule has 0 spiro atoms. The van der Waals surface area contributed by atoms with Crippen LogP contribution in [0, 0.1) is 6.92 Å². The molecular weight excluding hydrogens is 346 g/mol. The van der Waals surface area contributed by atoms with E-state index in [1.807, 2.05) is 24.3 Å². The van der Waals surface area contributed by atoms with Crippen LogP contribution in [0.2, 0.25) is 5.02 Å². The molecule has 0 aliphatic rings. The first-order valence-electron chi connectivity index (χ1n) is 6.76. The Balaban J connectivity index is 2.15. The third kappa shape index (κ3) is 2.71. The molecular formula is C18H15BrClN. The van der Waals surface area contributed by atoms with Crippen molar-refractivity contribution in [2.75, 3.05) is 0 Å². The molecule has 2 N–H and O–H groups in total. The smallest absolute Gasteiger partial charge is 0.0558 e. The summed E-state index contributed by atoms with van der Waals surface area (Å²) >= 11 is 9.60. The van der Waals surface area contributed by atoms with Crippen molar-refractivity contribution >= 4 is 38.3 Å². The molecule has 3 aromatic carbocycles. The van der Waals surface area contributed by atoms with Crippen LogP contribution in [0.5, 0.6) is 0 Å². The van der Waals surface area contributed by atoms with Crippen LogP contribution in [-0.4, -0.2) is 0 Å². The minimum absolute atomic E-state index is 0.193. The van der Waals surface area contributed by atoms with Crippen molar-refractivity contribution in [3.8, 4) is 0 Å². The van der Waals surface area contributed by atoms with Gasteiger partial charge >= 0.3 is 0 Å². The third-order valence-electron chi connectivity index (χ3n) is 3.81. The van der Waals surface area contributed by atoms with Gasteiger partial charge in [0.2, 0.25) is 0 Å². The van der Waals surface area contributed by atoms with Crippen LogP contribution in [0.15, 0.2) is 59.1 Å². The standard InChI is InChI=1S/C18H15BrClN/c1-11-6-8-15(14-5-3-2-4-13(11)14)18(21)12-7-9-16(19)17(20)10-12/h2-10,18H,21H2,1H3. The van der Waals surface area contributed by atoms with E-state index in [4.69, 9.17) is 17.3 Å². The summed E-state index contributed by atoms with van der Waals surface area (Å²) in [5.41, 5.74) is 9.87. The maximum atomic E-state index is 6.48. The Morgan fingerprint density at radius 1 is 1.00 bits per heavy atom. The van der Waals surface area contributed by atoms with E-state index in [9.17, 15) is 0 Å². The molecule has 106 valence electrons. The Labute approximate surface area is 137 Å². The third-order valence-corrected chi connectivity index (χ3v) is 5.05. The van der Waals surface area contributed by atoms with Gasteiger partial charge < -0.3 is 5.73 Å². The quantitative estimate of drug-likeness (QED) is 0.631. The minimum atomic E-state index is -0.193. The lowest BCUT2D eigenvalue weighted by Crippen LogP contribution is -2.12. The molecule has 3 rings (SSSR count). The number of halogens is 2. The monoisotopic (exact) mass is 359 g/mol. The Bertz CT molecular complexity index is 813. The fourth-order valence-corrected chi connectivity index (χ4v) is 3.07. The van der Waals surface area contributed by atoms with Gasteiger partial charge in [-0.15, -0.1) is 0 Å². The summed E-state index contributed by atoms with van der Waals surface area (Å²) in [6.07, 6.45) is 0. The molecule has 0 radical (unpaired) electrons. The molecule has 1 nitrogen and oxygen atoms in total. The summed E-state index contributed by atoms with van der Waals surface area (Å²) < 4.78 is 0.883. The van der Waals surface area contributed by atoms with Crippen LogP contribution in [0.25, 0.3) is 10.8 Å². The number of fused-ring (bicyclic) bond motifs is 1. The number of hydrogen-bond donors (Lipinski definition) is 1. The second-order valence-corrected chi connectivity index (χ2v) is 6.43. The predicted molar refractivity (Wildman–Crippen MR) is 93.9 cm³/mol. The second kappa shape index (κ2) is 5.80. The molecule has 1 atom stereocenters. The van der Waals surface area contributed by atoms with Gasteiger partial charge in [0.25, 0.3) is 0 Å². The molecule has 0 saturated heterocycles. The van der Waals surface area contributed by atoms with E-state index in [-0.39, 0.29) is 6.04 Å². The highest BCUT2D eigenvalue weighted by molar-refractivity contribution is 9.10. The number of hydrogen-bond acceptors (Lipinski definition) is 1. The molecule has 0 bridgehead atoms. The van der Waals surface area contributed by atoms with Gasteiger partial charge in [-0.2, -0.15) is 0 Å². The molecule has 3 aromatic rings. The Morgan fingerprint density at radius 2 is 1.71 bits per heavy atom. The lowest BCUT2D eigenvalue weighted by Gasteiger charge is -2.17. The fraction of sp³-hybridized carbons (Fsp3) is 0.111. The first-order chi connectivity index (χ1) is 10.1. The molecule has 0 amide bonds. The van der Waals surface area contributed by atoms with Crippen molar-refractivity contribution < 1.29 is 0 Å². The maximum Gasteiger partial charge on any atom is 0.0558 e. The lowest BCUT2D eigenvalue weighted by atomic mass is 9.92. The van der Waals surface area contributed by atoms with E-state index in [1.165, 1.54) is 16.3 Å². The first-order valence-corrected chi connectivity index (χ1v) is 7.94. The van der Waals surface area contributed by atoms with E-state index < -0.39 is 0 Å². The fourth-order valence-electron chi connectivity index (χ4n) is 2.63. The van der Waals surface area contributed by atoms with Crippen molar-refractivity contribution in [2.24, 2.45) is 5.73 Å². The summed E-state index contributed by atoms with van der Waals surface area (Å²) in [4.78, 5) is 0. The van der Waals surface area contributed by atoms with Crippen LogP contribution in [0.3, 0.4) is 0 Å². The van der Waals surface area contributed by atoms with Crippen molar-refractivity contribution in [1.82, 2.24) is 0 Å². The van der Waals surface area contributed by atoms with E-state index >= 15 is 0 Å². The molecule has 0 aliphatic carbocycles. The van der Waals surface area contributed by atoms with E-state index in [0.717, 1.165) is 15.6 Å². The van der Waals surface area contributed by atoms with Gasteiger partial charge in [0.15, 0.2) is 0 Å². The summed E-state index contributed by atoms with van der Waals surface area (Å²) in [6.45, 7) is 2.12. The number of benzene rings is 3. The van der Waals surface area contributed by atoms with E-state index in [1.54, 1.807) is 0 Å². The molecule has 0 aliphatic heterocycles. The average Bonchev–Trinajstić information content (AvgIpc) is 2.50. The topological polar surface area (TPSA) is 26.0 Å². The van der Waals surface area contributed by atoms with Gasteiger partial charge in [0.05, 0.1) is 11.1 Å². The van der Waals surface area contributed by atoms with Crippen molar-refractivity contribution in [2.45, 2.75) is 13.0 Å². The Hall–Kier alpha value is -1.35. The second-order valence-electron chi connectivity index (χ2n) is 5.17. The number of aryl methyl sites for hydroxylation is 1. The highest BCUT2D eigenvalue weighted by Crippen LogP contribution is 2.32. The minimum Gasteiger partial charge on any atom is -0.320 e. The predicted octanol–water partition coefficient (Wildman–Crippen LogP) is 5.61. The zero-order valence-electron chi connectivity index (χ0n) is 11.6. The van der Waals surface area contributed by atoms with Crippen LogP contribution >= 0.6 is 27.5 Å². The lowest BCUT2D eigenvalue weighted by molar-refractivity contribution is 0.880. The van der Waals surface area contributed by atoms with Crippen molar-refractivity contribution in [1.29, 1.82) is 0 Å². The molecule has 1 unspecified atom stereocenters. The van der Waals surface area contributed by atoms with Crippen LogP contribution in [0.1, 0.15) is 22.7 Å². The van der Waals surface area contributed by atoms with E-state index in [2.05, 4.69) is 53.2 Å². The molecule has 0 aromatic heterocycles. The molecule has 0 saturated carbocycles. The highest BCUT2D eigenvalue weighted by atomic mass is 79.9. The van der Waals surface area contributed by atoms with Gasteiger partial charge in [0.1, 0.15) is 0 Å². The number of nitrogens with two attached hydrogens (primary N) is 1. The molecule has 21 heavy (non-hydrogen) atoms. The van der Waals surface area contributed by atoms with Gasteiger partial charge in [0, 0.05) is 4.47 Å². The average molecular weight is 361 g/mol. The summed E-state index contributed by atoms with van der Waals surface area (Å²) in [5.74, 6) is 0. The number of rotatable bonds is 2. The molecule has 0 heterocycles. The van der Waals surface area contributed by atoms with E-state index in [0.29, 0.717) is 5.02 Å². The molecule has 0 fully saturated rings. The highest BCUT2D eigenvalue weighted by Gasteiger charge is 2.14. The van der Waals surface area contributed by atoms with Crippen LogP contribution in [0.4, 0.5) is 0 Å². The summed E-state index contributed by atoms with van der Waals surface area (Å²) in [7, 11) is 0. The van der Waals surface area contributed by atoms with Crippen molar-refractivity contribution in [3.05, 3.63) is 80.8 Å². The largest absolute Gasteiger partial charge is 0.320 e. The van der Waals surface area contributed by atoms with Gasteiger partial charge in [-0.25, -0.2) is 0 Å². The van der Waals surface area contributed by atoms with Crippen LogP contribution < -0.4 is 5.73 Å². The SMILES string of the molecule is Cc1ccc(C(N)c2ccc(Br)c(Cl)c2)c2ccccc12. The Kier molecular flexibility index (Phi) is 4.03. The Morgan fingerprint density at radius 3 is 2.43 bits per heavy atom. The molecule has 3 heteroatoms. The maximum absolute atomic E-state index is 6.48. The van der Waals surface area contributed by atoms with Gasteiger partial charge in [-0.1, -0.05) is 54.1 Å².